The molecule has 0 bridgehead atoms. The average Bonchev–Trinajstić information content (AvgIpc) is 3.15. The van der Waals surface area contributed by atoms with E-state index in [1.54, 1.807) is 31.5 Å². The lowest BCUT2D eigenvalue weighted by Gasteiger charge is -2.12. The molecule has 0 atom stereocenters. The number of benzene rings is 2. The van der Waals surface area contributed by atoms with Crippen LogP contribution in [0, 0.1) is 11.3 Å². The molecule has 2 heterocycles. The fraction of sp³-hybridized carbons (Fsp3) is 0.125. The van der Waals surface area contributed by atoms with Gasteiger partial charge in [-0.1, -0.05) is 47.5 Å². The summed E-state index contributed by atoms with van der Waals surface area (Å²) in [4.78, 5) is 16.7. The summed E-state index contributed by atoms with van der Waals surface area (Å²) in [6.45, 7) is 0.441. The van der Waals surface area contributed by atoms with E-state index in [4.69, 9.17) is 27.9 Å². The maximum absolute atomic E-state index is 13.2. The second kappa shape index (κ2) is 8.91. The number of nitriles is 1. The maximum atomic E-state index is 13.2. The lowest BCUT2D eigenvalue weighted by molar-refractivity contribution is 0.103. The number of methoxy groups -OCH3 is 1. The van der Waals surface area contributed by atoms with Crippen LogP contribution in [-0.2, 0) is 6.54 Å². The van der Waals surface area contributed by atoms with E-state index in [9.17, 15) is 15.2 Å². The van der Waals surface area contributed by atoms with Crippen LogP contribution in [0.2, 0.25) is 0 Å². The zero-order chi connectivity index (χ0) is 22.8. The molecule has 0 saturated heterocycles. The van der Waals surface area contributed by atoms with Crippen LogP contribution in [0.5, 0.6) is 11.5 Å². The van der Waals surface area contributed by atoms with Crippen LogP contribution in [0.1, 0.15) is 37.6 Å². The number of carbonyl (C=O) groups is 1. The van der Waals surface area contributed by atoms with Crippen molar-refractivity contribution in [2.24, 2.45) is 0 Å². The molecule has 4 aromatic rings. The Hall–Kier alpha value is -3.53. The maximum Gasteiger partial charge on any atom is 0.198 e. The number of hydrogen-bond acceptors (Lipinski definition) is 5. The molecular formula is C24H17Cl2N3O3. The van der Waals surface area contributed by atoms with Gasteiger partial charge in [0.05, 0.1) is 23.9 Å². The van der Waals surface area contributed by atoms with Crippen LogP contribution in [0.25, 0.3) is 11.0 Å². The van der Waals surface area contributed by atoms with Gasteiger partial charge >= 0.3 is 0 Å². The topological polar surface area (TPSA) is 88.1 Å². The van der Waals surface area contributed by atoms with Crippen molar-refractivity contribution in [3.05, 3.63) is 88.7 Å². The molecule has 0 amide bonds. The van der Waals surface area contributed by atoms with Gasteiger partial charge in [-0.25, -0.2) is 4.98 Å². The highest BCUT2D eigenvalue weighted by Gasteiger charge is 2.24. The van der Waals surface area contributed by atoms with Crippen molar-refractivity contribution >= 4 is 40.0 Å². The number of aromatic nitrogens is 2. The molecule has 32 heavy (non-hydrogen) atoms. The van der Waals surface area contributed by atoms with Gasteiger partial charge in [0.25, 0.3) is 0 Å². The van der Waals surface area contributed by atoms with Gasteiger partial charge in [-0.15, -0.1) is 0 Å². The van der Waals surface area contributed by atoms with Gasteiger partial charge in [0.2, 0.25) is 0 Å². The van der Waals surface area contributed by atoms with Gasteiger partial charge in [0.1, 0.15) is 28.1 Å². The Kier molecular flexibility index (Phi) is 6.04. The summed E-state index contributed by atoms with van der Waals surface area (Å²) in [5, 5.41) is 20.3. The molecule has 0 spiro atoms. The Labute approximate surface area is 194 Å². The zero-order valence-electron chi connectivity index (χ0n) is 16.9. The summed E-state index contributed by atoms with van der Waals surface area (Å²) < 4.78 is 7.00. The summed E-state index contributed by atoms with van der Waals surface area (Å²) in [7, 11) is 1.60. The Morgan fingerprint density at radius 3 is 2.53 bits per heavy atom. The molecule has 6 nitrogen and oxygen atoms in total. The molecule has 0 saturated carbocycles. The van der Waals surface area contributed by atoms with Crippen LogP contribution in [-0.4, -0.2) is 27.6 Å². The Morgan fingerprint density at radius 1 is 1.19 bits per heavy atom. The summed E-state index contributed by atoms with van der Waals surface area (Å²) in [5.41, 5.74) is 2.20. The number of phenols is 1. The number of para-hydroxylation sites is 1. The van der Waals surface area contributed by atoms with Gasteiger partial charge < -0.3 is 14.4 Å². The molecule has 0 unspecified atom stereocenters. The van der Waals surface area contributed by atoms with E-state index in [0.29, 0.717) is 23.1 Å². The van der Waals surface area contributed by atoms with Gasteiger partial charge in [0, 0.05) is 23.7 Å². The van der Waals surface area contributed by atoms with Crippen molar-refractivity contribution in [1.29, 1.82) is 5.26 Å². The number of rotatable bonds is 6. The minimum absolute atomic E-state index is 0.0973. The monoisotopic (exact) mass is 465 g/mol. The molecule has 0 aliphatic carbocycles. The second-order valence-corrected chi connectivity index (χ2v) is 8.17. The van der Waals surface area contributed by atoms with Crippen molar-refractivity contribution < 1.29 is 14.6 Å². The van der Waals surface area contributed by atoms with Gasteiger partial charge in [-0.3, -0.25) is 4.79 Å². The minimum atomic E-state index is -1.08. The zero-order valence-corrected chi connectivity index (χ0v) is 18.4. The number of carbonyl (C=O) groups excluding carboxylic acids is 1. The van der Waals surface area contributed by atoms with E-state index < -0.39 is 10.6 Å². The van der Waals surface area contributed by atoms with E-state index >= 15 is 0 Å². The number of fused-ring (bicyclic) bond motifs is 1. The second-order valence-electron chi connectivity index (χ2n) is 7.07. The SMILES string of the molecule is COc1ccc(Cn2cc(C#N)c3cc(C(=O)c4ccccc4O)c(C(Cl)Cl)nc32)cc1. The number of hydrogen-bond donors (Lipinski definition) is 1. The molecule has 0 aliphatic heterocycles. The minimum Gasteiger partial charge on any atom is -0.507 e. The van der Waals surface area contributed by atoms with Crippen molar-refractivity contribution in [3.63, 3.8) is 0 Å². The number of phenolic OH excluding ortho intramolecular Hbond substituents is 1. The van der Waals surface area contributed by atoms with Crippen LogP contribution in [0.3, 0.4) is 0 Å². The van der Waals surface area contributed by atoms with Crippen LogP contribution >= 0.6 is 23.2 Å². The van der Waals surface area contributed by atoms with Crippen molar-refractivity contribution in [2.45, 2.75) is 11.4 Å². The third-order valence-corrected chi connectivity index (χ3v) is 5.52. The first-order valence-corrected chi connectivity index (χ1v) is 10.5. The standard InChI is InChI=1S/C24H17Cl2N3O3/c1-32-16-8-6-14(7-9-16)12-29-13-15(11-27)18-10-19(21(23(25)26)28-24(18)29)22(31)17-4-2-3-5-20(17)30/h2-10,13,23,30H,12H2,1H3. The van der Waals surface area contributed by atoms with E-state index in [-0.39, 0.29) is 22.6 Å². The number of alkyl halides is 2. The Bertz CT molecular complexity index is 1360. The molecule has 0 aliphatic rings. The summed E-state index contributed by atoms with van der Waals surface area (Å²) in [5.74, 6) is 0.0936. The molecule has 1 N–H and O–H groups in total. The van der Waals surface area contributed by atoms with Crippen LogP contribution in [0.15, 0.2) is 60.8 Å². The first kappa shape index (κ1) is 21.7. The number of ether oxygens (including phenoxy) is 1. The number of ketones is 1. The summed E-state index contributed by atoms with van der Waals surface area (Å²) >= 11 is 12.3. The normalized spacial score (nSPS) is 11.0. The molecule has 2 aromatic heterocycles. The first-order chi connectivity index (χ1) is 15.4. The highest BCUT2D eigenvalue weighted by atomic mass is 35.5. The van der Waals surface area contributed by atoms with E-state index in [2.05, 4.69) is 11.1 Å². The van der Waals surface area contributed by atoms with Gasteiger partial charge in [0.15, 0.2) is 5.78 Å². The predicted molar refractivity (Wildman–Crippen MR) is 123 cm³/mol. The molecule has 160 valence electrons. The largest absolute Gasteiger partial charge is 0.507 e. The lowest BCUT2D eigenvalue weighted by Crippen LogP contribution is -2.09. The Balaban J connectivity index is 1.86. The summed E-state index contributed by atoms with van der Waals surface area (Å²) in [6, 6.07) is 17.4. The quantitative estimate of drug-likeness (QED) is 0.305. The number of nitrogens with zero attached hydrogens (tertiary/aromatic N) is 3. The van der Waals surface area contributed by atoms with Crippen molar-refractivity contribution in [2.75, 3.05) is 7.11 Å². The fourth-order valence-electron chi connectivity index (χ4n) is 3.52. The van der Waals surface area contributed by atoms with E-state index in [0.717, 1.165) is 11.3 Å². The fourth-order valence-corrected chi connectivity index (χ4v) is 3.85. The average molecular weight is 466 g/mol. The smallest absolute Gasteiger partial charge is 0.198 e. The number of pyridine rings is 1. The first-order valence-electron chi connectivity index (χ1n) is 9.60. The number of aromatic hydroxyl groups is 1. The van der Waals surface area contributed by atoms with Crippen molar-refractivity contribution in [3.8, 4) is 17.6 Å². The van der Waals surface area contributed by atoms with Crippen molar-refractivity contribution in [1.82, 2.24) is 9.55 Å². The molecule has 2 aromatic carbocycles. The van der Waals surface area contributed by atoms with Crippen LogP contribution in [0.4, 0.5) is 0 Å². The van der Waals surface area contributed by atoms with Crippen LogP contribution < -0.4 is 4.74 Å². The predicted octanol–water partition coefficient (Wildman–Crippen LogP) is 5.38. The molecular weight excluding hydrogens is 449 g/mol. The highest BCUT2D eigenvalue weighted by Crippen LogP contribution is 2.33. The molecule has 0 fully saturated rings. The third-order valence-electron chi connectivity index (χ3n) is 5.11. The Morgan fingerprint density at radius 2 is 1.91 bits per heavy atom. The highest BCUT2D eigenvalue weighted by molar-refractivity contribution is 6.44. The summed E-state index contributed by atoms with van der Waals surface area (Å²) in [6.07, 6.45) is 1.68. The number of halogens is 2. The molecule has 4 rings (SSSR count). The van der Waals surface area contributed by atoms with Gasteiger partial charge in [-0.05, 0) is 35.9 Å². The van der Waals surface area contributed by atoms with E-state index in [1.165, 1.54) is 12.1 Å². The molecule has 0 radical (unpaired) electrons. The van der Waals surface area contributed by atoms with E-state index in [1.807, 2.05) is 28.8 Å². The lowest BCUT2D eigenvalue weighted by atomic mass is 10.00. The third kappa shape index (κ3) is 4.01. The van der Waals surface area contributed by atoms with Gasteiger partial charge in [-0.2, -0.15) is 5.26 Å². The molecule has 8 heteroatoms.